The van der Waals surface area contributed by atoms with Crippen LogP contribution < -0.4 is 10.6 Å². The molecule has 46 heavy (non-hydrogen) atoms. The van der Waals surface area contributed by atoms with Crippen LogP contribution in [0.1, 0.15) is 50.8 Å². The van der Waals surface area contributed by atoms with Crippen LogP contribution in [0.25, 0.3) is 10.8 Å². The monoisotopic (exact) mass is 623 g/mol. The molecule has 1 aliphatic carbocycles. The number of likely N-dealkylation sites (N-methyl/N-ethyl adjacent to an activating group) is 1. The maximum atomic E-state index is 14.6. The Kier molecular flexibility index (Phi) is 8.50. The molecular weight excluding hydrogens is 578 g/mol. The summed E-state index contributed by atoms with van der Waals surface area (Å²) in [4.78, 5) is 60.8. The lowest BCUT2D eigenvalue weighted by molar-refractivity contribution is -0.163. The summed E-state index contributed by atoms with van der Waals surface area (Å²) in [5, 5.41) is 8.18. The number of carbonyl (C=O) groups is 4. The Hall–Kier alpha value is -4.08. The third-order valence-corrected chi connectivity index (χ3v) is 10.4. The largest absolute Gasteiger partial charge is 0.334 e. The third kappa shape index (κ3) is 5.49. The highest BCUT2D eigenvalue weighted by atomic mass is 16.2. The van der Waals surface area contributed by atoms with E-state index in [9.17, 15) is 19.2 Å². The van der Waals surface area contributed by atoms with Gasteiger partial charge in [0.05, 0.1) is 19.1 Å². The van der Waals surface area contributed by atoms with E-state index in [1.807, 2.05) is 54.8 Å². The maximum absolute atomic E-state index is 14.6. The van der Waals surface area contributed by atoms with Crippen molar-refractivity contribution in [2.24, 2.45) is 5.41 Å². The van der Waals surface area contributed by atoms with Gasteiger partial charge < -0.3 is 20.4 Å². The topological polar surface area (TPSA) is 102 Å². The van der Waals surface area contributed by atoms with Gasteiger partial charge in [-0.1, -0.05) is 87.5 Å². The van der Waals surface area contributed by atoms with Gasteiger partial charge in [0.25, 0.3) is 0 Å². The van der Waals surface area contributed by atoms with Gasteiger partial charge in [0.1, 0.15) is 12.2 Å². The number of amides is 3. The molecule has 2 heterocycles. The van der Waals surface area contributed by atoms with Crippen LogP contribution in [0.5, 0.6) is 0 Å². The highest BCUT2D eigenvalue weighted by molar-refractivity contribution is 5.93. The molecular formula is C37H45N5O4. The Morgan fingerprint density at radius 3 is 2.39 bits per heavy atom. The summed E-state index contributed by atoms with van der Waals surface area (Å²) < 4.78 is 0. The van der Waals surface area contributed by atoms with Gasteiger partial charge in [0, 0.05) is 17.9 Å². The lowest BCUT2D eigenvalue weighted by Crippen LogP contribution is -2.74. The second kappa shape index (κ2) is 12.3. The SMILES string of the molecule is CN[C@@H](C)C(=O)N[C@](C=O)(N1CC(=O)N2[C@@H](Cc3ccc4ccccc4c3)C(=O)N(C3CCc4ccccc4C3)C[C@@H]21)C(C)(C)C. The first-order valence-corrected chi connectivity index (χ1v) is 16.4. The van der Waals surface area contributed by atoms with E-state index in [0.717, 1.165) is 41.9 Å². The molecule has 2 saturated heterocycles. The number of hydrogen-bond acceptors (Lipinski definition) is 6. The molecule has 3 aromatic rings. The lowest BCUT2D eigenvalue weighted by Gasteiger charge is -2.53. The highest BCUT2D eigenvalue weighted by Gasteiger charge is 2.60. The van der Waals surface area contributed by atoms with Crippen LogP contribution in [0.2, 0.25) is 0 Å². The second-order valence-electron chi connectivity index (χ2n) is 14.1. The third-order valence-electron chi connectivity index (χ3n) is 10.4. The number of rotatable bonds is 8. The molecule has 3 aliphatic rings. The summed E-state index contributed by atoms with van der Waals surface area (Å²) >= 11 is 0. The Bertz CT molecular complexity index is 1670. The summed E-state index contributed by atoms with van der Waals surface area (Å²) in [6.07, 6.45) is 2.96. The number of nitrogens with zero attached hydrogens (tertiary/aromatic N) is 3. The Labute approximate surface area is 271 Å². The summed E-state index contributed by atoms with van der Waals surface area (Å²) in [6.45, 7) is 7.60. The van der Waals surface area contributed by atoms with Crippen LogP contribution in [0.3, 0.4) is 0 Å². The number of carbonyl (C=O) groups excluding carboxylic acids is 4. The molecule has 242 valence electrons. The summed E-state index contributed by atoms with van der Waals surface area (Å²) in [5.74, 6) is -0.621. The van der Waals surface area contributed by atoms with E-state index in [2.05, 4.69) is 53.1 Å². The van der Waals surface area contributed by atoms with E-state index < -0.39 is 29.3 Å². The van der Waals surface area contributed by atoms with Crippen LogP contribution >= 0.6 is 0 Å². The number of benzene rings is 3. The standard InChI is InChI=1S/C37H45N5O4/c1-24(38-5)34(45)39-37(23-43,36(2,3)4)41-22-33(44)42-31(19-25-14-15-26-10-6-8-12-28(26)18-25)35(46)40(21-32(41)42)30-17-16-27-11-7-9-13-29(27)20-30/h6-15,18,23-24,30-32,38H,16-17,19-22H2,1-5H3,(H,39,45)/t24-,30?,31-,32+,37+/m0/s1. The Balaban J connectivity index is 1.41. The van der Waals surface area contributed by atoms with Gasteiger partial charge in [0.2, 0.25) is 17.7 Å². The average molecular weight is 624 g/mol. The smallest absolute Gasteiger partial charge is 0.246 e. The summed E-state index contributed by atoms with van der Waals surface area (Å²) in [6, 6.07) is 21.3. The number of aldehydes is 1. The van der Waals surface area contributed by atoms with Crippen molar-refractivity contribution >= 4 is 34.8 Å². The van der Waals surface area contributed by atoms with Crippen molar-refractivity contribution in [3.8, 4) is 0 Å². The van der Waals surface area contributed by atoms with Crippen molar-refractivity contribution in [1.29, 1.82) is 0 Å². The van der Waals surface area contributed by atoms with Crippen molar-refractivity contribution in [2.45, 2.75) is 83.3 Å². The van der Waals surface area contributed by atoms with Crippen molar-refractivity contribution in [1.82, 2.24) is 25.3 Å². The van der Waals surface area contributed by atoms with E-state index in [0.29, 0.717) is 6.42 Å². The zero-order valence-electron chi connectivity index (χ0n) is 27.5. The van der Waals surface area contributed by atoms with Gasteiger partial charge in [-0.15, -0.1) is 0 Å². The van der Waals surface area contributed by atoms with E-state index in [-0.39, 0.29) is 36.9 Å². The Morgan fingerprint density at radius 1 is 1.00 bits per heavy atom. The molecule has 5 atom stereocenters. The zero-order valence-corrected chi connectivity index (χ0v) is 27.5. The molecule has 3 amide bonds. The quantitative estimate of drug-likeness (QED) is 0.374. The molecule has 0 aromatic heterocycles. The molecule has 1 unspecified atom stereocenters. The molecule has 9 nitrogen and oxygen atoms in total. The zero-order chi connectivity index (χ0) is 32.8. The van der Waals surface area contributed by atoms with Gasteiger partial charge in [0.15, 0.2) is 11.9 Å². The highest BCUT2D eigenvalue weighted by Crippen LogP contribution is 2.40. The van der Waals surface area contributed by atoms with Crippen LogP contribution in [0.4, 0.5) is 0 Å². The van der Waals surface area contributed by atoms with E-state index in [4.69, 9.17) is 0 Å². The van der Waals surface area contributed by atoms with E-state index >= 15 is 0 Å². The normalized spacial score (nSPS) is 23.9. The van der Waals surface area contributed by atoms with E-state index in [1.54, 1.807) is 18.9 Å². The Morgan fingerprint density at radius 2 is 1.70 bits per heavy atom. The van der Waals surface area contributed by atoms with E-state index in [1.165, 1.54) is 11.1 Å². The molecule has 2 N–H and O–H groups in total. The van der Waals surface area contributed by atoms with Gasteiger partial charge >= 0.3 is 0 Å². The molecule has 9 heteroatoms. The predicted molar refractivity (Wildman–Crippen MR) is 178 cm³/mol. The molecule has 0 radical (unpaired) electrons. The number of nitrogens with one attached hydrogen (secondary N) is 2. The van der Waals surface area contributed by atoms with Crippen molar-refractivity contribution < 1.29 is 19.2 Å². The van der Waals surface area contributed by atoms with Crippen molar-refractivity contribution in [3.63, 3.8) is 0 Å². The van der Waals surface area contributed by atoms with Crippen LogP contribution in [-0.4, -0.2) is 88.8 Å². The van der Waals surface area contributed by atoms with Gasteiger partial charge in [-0.2, -0.15) is 0 Å². The minimum Gasteiger partial charge on any atom is -0.334 e. The lowest BCUT2D eigenvalue weighted by atomic mass is 9.79. The fourth-order valence-corrected chi connectivity index (χ4v) is 7.59. The van der Waals surface area contributed by atoms with Crippen molar-refractivity contribution in [3.05, 3.63) is 83.4 Å². The van der Waals surface area contributed by atoms with Crippen LogP contribution in [-0.2, 0) is 38.4 Å². The summed E-state index contributed by atoms with van der Waals surface area (Å²) in [5.41, 5.74) is 1.24. The average Bonchev–Trinajstić information content (AvgIpc) is 3.39. The fraction of sp³-hybridized carbons (Fsp3) is 0.459. The first kappa shape index (κ1) is 31.9. The molecule has 2 fully saturated rings. The minimum absolute atomic E-state index is 0.0413. The maximum Gasteiger partial charge on any atom is 0.246 e. The molecule has 3 aromatic carbocycles. The molecule has 0 spiro atoms. The van der Waals surface area contributed by atoms with Gasteiger partial charge in [-0.3, -0.25) is 19.2 Å². The van der Waals surface area contributed by atoms with Crippen LogP contribution in [0, 0.1) is 5.41 Å². The number of hydrogen-bond donors (Lipinski definition) is 2. The second-order valence-corrected chi connectivity index (χ2v) is 14.1. The molecule has 2 aliphatic heterocycles. The van der Waals surface area contributed by atoms with Gasteiger partial charge in [-0.05, 0) is 60.7 Å². The number of aryl methyl sites for hydroxylation is 1. The summed E-state index contributed by atoms with van der Waals surface area (Å²) in [7, 11) is 1.69. The van der Waals surface area contributed by atoms with Gasteiger partial charge in [-0.25, -0.2) is 4.90 Å². The minimum atomic E-state index is -1.50. The fourth-order valence-electron chi connectivity index (χ4n) is 7.59. The first-order chi connectivity index (χ1) is 22.0. The number of piperazine rings is 1. The van der Waals surface area contributed by atoms with Crippen LogP contribution in [0.15, 0.2) is 66.7 Å². The predicted octanol–water partition coefficient (Wildman–Crippen LogP) is 3.29. The van der Waals surface area contributed by atoms with Crippen molar-refractivity contribution in [2.75, 3.05) is 20.1 Å². The molecule has 0 bridgehead atoms. The number of fused-ring (bicyclic) bond motifs is 3. The molecule has 0 saturated carbocycles. The first-order valence-electron chi connectivity index (χ1n) is 16.4. The molecule has 6 rings (SSSR count).